The maximum atomic E-state index is 12.9. The highest BCUT2D eigenvalue weighted by molar-refractivity contribution is 5.89. The van der Waals surface area contributed by atoms with Crippen LogP contribution < -0.4 is 10.1 Å². The molecule has 0 radical (unpaired) electrons. The summed E-state index contributed by atoms with van der Waals surface area (Å²) < 4.78 is 18.1. The van der Waals surface area contributed by atoms with Crippen molar-refractivity contribution in [2.24, 2.45) is 5.92 Å². The quantitative estimate of drug-likeness (QED) is 0.843. The number of nitrogens with one attached hydrogen (secondary N) is 1. The summed E-state index contributed by atoms with van der Waals surface area (Å²) in [6, 6.07) is 14.0. The third kappa shape index (κ3) is 4.97. The normalized spacial score (nSPS) is 14.9. The van der Waals surface area contributed by atoms with Gasteiger partial charge in [-0.05, 0) is 73.6 Å². The van der Waals surface area contributed by atoms with Gasteiger partial charge in [-0.15, -0.1) is 0 Å². The van der Waals surface area contributed by atoms with Gasteiger partial charge in [-0.25, -0.2) is 9.18 Å². The van der Waals surface area contributed by atoms with Gasteiger partial charge in [-0.1, -0.05) is 12.1 Å². The lowest BCUT2D eigenvalue weighted by Gasteiger charge is -2.32. The maximum absolute atomic E-state index is 12.9. The predicted octanol–water partition coefficient (Wildman–Crippen LogP) is 4.71. The number of halogens is 1. The van der Waals surface area contributed by atoms with Crippen molar-refractivity contribution in [1.29, 1.82) is 0 Å². The summed E-state index contributed by atoms with van der Waals surface area (Å²) >= 11 is 0. The van der Waals surface area contributed by atoms with E-state index in [4.69, 9.17) is 4.74 Å². The second kappa shape index (κ2) is 8.70. The Labute approximate surface area is 154 Å². The van der Waals surface area contributed by atoms with E-state index in [9.17, 15) is 9.18 Å². The average molecular weight is 356 g/mol. The number of ether oxygens (including phenoxy) is 1. The van der Waals surface area contributed by atoms with Gasteiger partial charge in [0.1, 0.15) is 11.6 Å². The molecular weight excluding hydrogens is 331 g/mol. The van der Waals surface area contributed by atoms with Crippen LogP contribution >= 0.6 is 0 Å². The number of aryl methyl sites for hydroxylation is 1. The molecular formula is C21H25FN2O2. The van der Waals surface area contributed by atoms with Gasteiger partial charge >= 0.3 is 6.03 Å². The van der Waals surface area contributed by atoms with E-state index in [1.807, 2.05) is 17.0 Å². The minimum atomic E-state index is -0.305. The van der Waals surface area contributed by atoms with Crippen molar-refractivity contribution in [1.82, 2.24) is 4.90 Å². The SMILES string of the molecule is COc1ccc(CCC2CCN(C(=O)Nc3ccc(F)cc3)CC2)cc1. The molecule has 0 atom stereocenters. The molecule has 0 aliphatic carbocycles. The topological polar surface area (TPSA) is 41.6 Å². The number of hydrogen-bond acceptors (Lipinski definition) is 2. The zero-order valence-electron chi connectivity index (χ0n) is 15.1. The first kappa shape index (κ1) is 18.2. The van der Waals surface area contributed by atoms with E-state index in [1.165, 1.54) is 17.7 Å². The molecule has 0 saturated carbocycles. The first-order valence-electron chi connectivity index (χ1n) is 9.08. The molecule has 2 aromatic rings. The van der Waals surface area contributed by atoms with E-state index < -0.39 is 0 Å². The number of carbonyl (C=O) groups excluding carboxylic acids is 1. The molecule has 26 heavy (non-hydrogen) atoms. The molecule has 1 heterocycles. The molecule has 3 rings (SSSR count). The predicted molar refractivity (Wildman–Crippen MR) is 101 cm³/mol. The van der Waals surface area contributed by atoms with Gasteiger partial charge in [0.25, 0.3) is 0 Å². The molecule has 1 aliphatic rings. The minimum Gasteiger partial charge on any atom is -0.497 e. The highest BCUT2D eigenvalue weighted by atomic mass is 19.1. The second-order valence-electron chi connectivity index (χ2n) is 6.75. The van der Waals surface area contributed by atoms with Crippen LogP contribution in [0.1, 0.15) is 24.8 Å². The number of urea groups is 1. The first-order valence-corrected chi connectivity index (χ1v) is 9.08. The average Bonchev–Trinajstić information content (AvgIpc) is 2.69. The van der Waals surface area contributed by atoms with E-state index in [1.54, 1.807) is 19.2 Å². The highest BCUT2D eigenvalue weighted by Crippen LogP contribution is 2.23. The van der Waals surface area contributed by atoms with Crippen LogP contribution in [0.2, 0.25) is 0 Å². The molecule has 1 saturated heterocycles. The maximum Gasteiger partial charge on any atom is 0.321 e. The Morgan fingerprint density at radius 1 is 1.12 bits per heavy atom. The number of anilines is 1. The fraction of sp³-hybridized carbons (Fsp3) is 0.381. The number of benzene rings is 2. The van der Waals surface area contributed by atoms with Crippen LogP contribution in [-0.4, -0.2) is 31.1 Å². The number of nitrogens with zero attached hydrogens (tertiary/aromatic N) is 1. The van der Waals surface area contributed by atoms with Crippen molar-refractivity contribution in [2.45, 2.75) is 25.7 Å². The van der Waals surface area contributed by atoms with Crippen molar-refractivity contribution >= 4 is 11.7 Å². The number of carbonyl (C=O) groups is 1. The zero-order valence-corrected chi connectivity index (χ0v) is 15.1. The van der Waals surface area contributed by atoms with Crippen LogP contribution in [0.3, 0.4) is 0 Å². The van der Waals surface area contributed by atoms with E-state index in [0.717, 1.165) is 44.5 Å². The van der Waals surface area contributed by atoms with Gasteiger partial charge in [-0.2, -0.15) is 0 Å². The third-order valence-electron chi connectivity index (χ3n) is 5.00. The molecule has 0 aromatic heterocycles. The van der Waals surface area contributed by atoms with E-state index in [0.29, 0.717) is 11.6 Å². The molecule has 138 valence electrons. The summed E-state index contributed by atoms with van der Waals surface area (Å²) in [6.45, 7) is 1.53. The van der Waals surface area contributed by atoms with Crippen LogP contribution in [-0.2, 0) is 6.42 Å². The smallest absolute Gasteiger partial charge is 0.321 e. The number of methoxy groups -OCH3 is 1. The Hall–Kier alpha value is -2.56. The fourth-order valence-electron chi connectivity index (χ4n) is 3.32. The summed E-state index contributed by atoms with van der Waals surface area (Å²) in [5.41, 5.74) is 1.94. The largest absolute Gasteiger partial charge is 0.497 e. The van der Waals surface area contributed by atoms with Gasteiger partial charge in [0, 0.05) is 18.8 Å². The van der Waals surface area contributed by atoms with Crippen molar-refractivity contribution in [2.75, 3.05) is 25.5 Å². The minimum absolute atomic E-state index is 0.106. The summed E-state index contributed by atoms with van der Waals surface area (Å²) in [7, 11) is 1.68. The Bertz CT molecular complexity index is 708. The summed E-state index contributed by atoms with van der Waals surface area (Å²) in [5, 5.41) is 2.83. The standard InChI is InChI=1S/C21H25FN2O2/c1-26-20-10-4-16(5-11-20)2-3-17-12-14-24(15-13-17)21(25)23-19-8-6-18(22)7-9-19/h4-11,17H,2-3,12-15H2,1H3,(H,23,25). The highest BCUT2D eigenvalue weighted by Gasteiger charge is 2.22. The van der Waals surface area contributed by atoms with E-state index in [2.05, 4.69) is 17.4 Å². The van der Waals surface area contributed by atoms with E-state index in [-0.39, 0.29) is 11.8 Å². The Morgan fingerprint density at radius 2 is 1.77 bits per heavy atom. The van der Waals surface area contributed by atoms with Crippen molar-refractivity contribution in [3.8, 4) is 5.75 Å². The molecule has 2 aromatic carbocycles. The Morgan fingerprint density at radius 3 is 2.38 bits per heavy atom. The van der Waals surface area contributed by atoms with Crippen LogP contribution in [0, 0.1) is 11.7 Å². The first-order chi connectivity index (χ1) is 12.6. The third-order valence-corrected chi connectivity index (χ3v) is 5.00. The molecule has 4 nitrogen and oxygen atoms in total. The summed E-state index contributed by atoms with van der Waals surface area (Å²) in [4.78, 5) is 14.1. The van der Waals surface area contributed by atoms with Crippen molar-refractivity contribution < 1.29 is 13.9 Å². The second-order valence-corrected chi connectivity index (χ2v) is 6.75. The van der Waals surface area contributed by atoms with Gasteiger partial charge < -0.3 is 15.0 Å². The van der Waals surface area contributed by atoms with Gasteiger partial charge in [-0.3, -0.25) is 0 Å². The Balaban J connectivity index is 1.41. The van der Waals surface area contributed by atoms with Crippen LogP contribution in [0.5, 0.6) is 5.75 Å². The lowest BCUT2D eigenvalue weighted by atomic mass is 9.90. The van der Waals surface area contributed by atoms with Gasteiger partial charge in [0.2, 0.25) is 0 Å². The Kier molecular flexibility index (Phi) is 6.10. The van der Waals surface area contributed by atoms with Crippen LogP contribution in [0.15, 0.2) is 48.5 Å². The molecule has 1 fully saturated rings. The number of hydrogen-bond donors (Lipinski definition) is 1. The molecule has 0 bridgehead atoms. The van der Waals surface area contributed by atoms with Crippen LogP contribution in [0.25, 0.3) is 0 Å². The van der Waals surface area contributed by atoms with Gasteiger partial charge in [0.05, 0.1) is 7.11 Å². The fourth-order valence-corrected chi connectivity index (χ4v) is 3.32. The molecule has 0 unspecified atom stereocenters. The van der Waals surface area contributed by atoms with E-state index >= 15 is 0 Å². The molecule has 1 aliphatic heterocycles. The summed E-state index contributed by atoms with van der Waals surface area (Å²) in [5.74, 6) is 1.22. The van der Waals surface area contributed by atoms with Crippen molar-refractivity contribution in [3.05, 3.63) is 59.9 Å². The monoisotopic (exact) mass is 356 g/mol. The lowest BCUT2D eigenvalue weighted by Crippen LogP contribution is -2.41. The number of piperidine rings is 1. The van der Waals surface area contributed by atoms with Crippen molar-refractivity contribution in [3.63, 3.8) is 0 Å². The number of rotatable bonds is 5. The summed E-state index contributed by atoms with van der Waals surface area (Å²) in [6.07, 6.45) is 4.23. The molecule has 2 amide bonds. The molecule has 5 heteroatoms. The molecule has 0 spiro atoms. The number of amides is 2. The number of likely N-dealkylation sites (tertiary alicyclic amines) is 1. The van der Waals surface area contributed by atoms with Gasteiger partial charge in [0.15, 0.2) is 0 Å². The lowest BCUT2D eigenvalue weighted by molar-refractivity contribution is 0.180. The zero-order chi connectivity index (χ0) is 18.4. The van der Waals surface area contributed by atoms with Crippen LogP contribution in [0.4, 0.5) is 14.9 Å². The molecule has 1 N–H and O–H groups in total.